The molecule has 6 nitrogen and oxygen atoms in total. The molecular weight excluding hydrogens is 468 g/mol. The maximum atomic E-state index is 13.2. The lowest BCUT2D eigenvalue weighted by molar-refractivity contribution is -0.141. The van der Waals surface area contributed by atoms with Crippen LogP contribution in [0.2, 0.25) is 10.0 Å². The van der Waals surface area contributed by atoms with Gasteiger partial charge in [0.25, 0.3) is 0 Å². The molecule has 1 saturated heterocycles. The molecule has 0 radical (unpaired) electrons. The number of hydrogen-bond acceptors (Lipinski definition) is 4. The Bertz CT molecular complexity index is 973. The number of benzene rings is 1. The van der Waals surface area contributed by atoms with E-state index in [-0.39, 0.29) is 30.1 Å². The van der Waals surface area contributed by atoms with Crippen molar-refractivity contribution in [2.45, 2.75) is 45.5 Å². The normalized spacial score (nSPS) is 16.2. The number of piperidine rings is 1. The standard InChI is InChI=1S/C21H25Cl2F3N4O2/c1-12-19(23)20(21(24,25)26)28-30(12)11-17(27-13(2)31)14-6-8-29(9-7-14)15-4-5-16(22)18(10-15)32-3/h4-5,10,14,17H,6-9,11H2,1-3H3,(H,27,31). The number of anilines is 1. The summed E-state index contributed by atoms with van der Waals surface area (Å²) in [6.07, 6.45) is -3.15. The van der Waals surface area contributed by atoms with E-state index in [4.69, 9.17) is 27.9 Å². The summed E-state index contributed by atoms with van der Waals surface area (Å²) in [7, 11) is 1.56. The first kappa shape index (κ1) is 24.5. The maximum absolute atomic E-state index is 13.2. The maximum Gasteiger partial charge on any atom is 0.436 e. The Hall–Kier alpha value is -2.13. The second-order valence-corrected chi connectivity index (χ2v) is 8.66. The number of methoxy groups -OCH3 is 1. The van der Waals surface area contributed by atoms with E-state index in [9.17, 15) is 18.0 Å². The molecule has 0 bridgehead atoms. The second kappa shape index (κ2) is 9.79. The third-order valence-corrected chi connectivity index (χ3v) is 6.53. The summed E-state index contributed by atoms with van der Waals surface area (Å²) >= 11 is 12.0. The van der Waals surface area contributed by atoms with Crippen LogP contribution >= 0.6 is 23.2 Å². The number of hydrogen-bond donors (Lipinski definition) is 1. The number of carbonyl (C=O) groups is 1. The number of rotatable bonds is 6. The number of nitrogens with zero attached hydrogens (tertiary/aromatic N) is 3. The van der Waals surface area contributed by atoms with Gasteiger partial charge in [0.15, 0.2) is 5.69 Å². The molecule has 2 aromatic rings. The Balaban J connectivity index is 1.74. The molecule has 32 heavy (non-hydrogen) atoms. The zero-order valence-corrected chi connectivity index (χ0v) is 19.5. The fourth-order valence-corrected chi connectivity index (χ4v) is 4.49. The van der Waals surface area contributed by atoms with Crippen molar-refractivity contribution < 1.29 is 22.7 Å². The third-order valence-electron chi connectivity index (χ3n) is 5.77. The highest BCUT2D eigenvalue weighted by Gasteiger charge is 2.39. The van der Waals surface area contributed by atoms with Crippen LogP contribution < -0.4 is 15.0 Å². The van der Waals surface area contributed by atoms with Gasteiger partial charge >= 0.3 is 6.18 Å². The highest BCUT2D eigenvalue weighted by molar-refractivity contribution is 6.32. The van der Waals surface area contributed by atoms with E-state index in [1.54, 1.807) is 13.2 Å². The van der Waals surface area contributed by atoms with Crippen LogP contribution in [0.1, 0.15) is 31.2 Å². The third kappa shape index (κ3) is 5.43. The number of nitrogens with one attached hydrogen (secondary N) is 1. The van der Waals surface area contributed by atoms with Gasteiger partial charge in [0.2, 0.25) is 5.91 Å². The van der Waals surface area contributed by atoms with Crippen LogP contribution in [0.4, 0.5) is 18.9 Å². The molecule has 3 rings (SSSR count). The van der Waals surface area contributed by atoms with Gasteiger partial charge in [-0.15, -0.1) is 0 Å². The average molecular weight is 493 g/mol. The molecule has 176 valence electrons. The number of carbonyl (C=O) groups excluding carboxylic acids is 1. The number of ether oxygens (including phenoxy) is 1. The SMILES string of the molecule is COc1cc(N2CCC(C(Cn3nc(C(F)(F)F)c(Cl)c3C)NC(C)=O)CC2)ccc1Cl. The lowest BCUT2D eigenvalue weighted by atomic mass is 9.88. The van der Waals surface area contributed by atoms with Crippen molar-refractivity contribution in [2.75, 3.05) is 25.1 Å². The Morgan fingerprint density at radius 1 is 1.31 bits per heavy atom. The minimum absolute atomic E-state index is 0.0704. The van der Waals surface area contributed by atoms with E-state index in [1.165, 1.54) is 18.5 Å². The van der Waals surface area contributed by atoms with Crippen molar-refractivity contribution in [3.63, 3.8) is 0 Å². The Kier molecular flexibility index (Phi) is 7.50. The van der Waals surface area contributed by atoms with Gasteiger partial charge in [-0.25, -0.2) is 0 Å². The van der Waals surface area contributed by atoms with Crippen molar-refractivity contribution in [3.05, 3.63) is 39.6 Å². The summed E-state index contributed by atoms with van der Waals surface area (Å²) in [4.78, 5) is 14.0. The zero-order valence-electron chi connectivity index (χ0n) is 18.0. The molecule has 1 aliphatic heterocycles. The van der Waals surface area contributed by atoms with Crippen LogP contribution in [0.5, 0.6) is 5.75 Å². The smallest absolute Gasteiger partial charge is 0.436 e. The molecule has 1 fully saturated rings. The monoisotopic (exact) mass is 492 g/mol. The zero-order chi connectivity index (χ0) is 23.6. The van der Waals surface area contributed by atoms with Gasteiger partial charge in [-0.2, -0.15) is 18.3 Å². The lowest BCUT2D eigenvalue weighted by Crippen LogP contribution is -2.47. The molecule has 1 amide bonds. The molecule has 1 aromatic carbocycles. The van der Waals surface area contributed by atoms with Crippen molar-refractivity contribution in [3.8, 4) is 5.75 Å². The van der Waals surface area contributed by atoms with E-state index in [1.807, 2.05) is 12.1 Å². The predicted octanol–water partition coefficient (Wildman–Crippen LogP) is 4.95. The number of halogens is 5. The van der Waals surface area contributed by atoms with Gasteiger partial charge in [-0.1, -0.05) is 23.2 Å². The van der Waals surface area contributed by atoms with Gasteiger partial charge in [-0.05, 0) is 37.8 Å². The molecule has 1 atom stereocenters. The van der Waals surface area contributed by atoms with Crippen LogP contribution in [-0.2, 0) is 17.5 Å². The van der Waals surface area contributed by atoms with E-state index < -0.39 is 16.9 Å². The molecule has 1 aromatic heterocycles. The highest BCUT2D eigenvalue weighted by atomic mass is 35.5. The topological polar surface area (TPSA) is 59.4 Å². The minimum Gasteiger partial charge on any atom is -0.495 e. The summed E-state index contributed by atoms with van der Waals surface area (Å²) in [5.41, 5.74) is 0.0927. The first-order valence-electron chi connectivity index (χ1n) is 10.2. The molecule has 0 saturated carbocycles. The van der Waals surface area contributed by atoms with Crippen LogP contribution in [0.3, 0.4) is 0 Å². The van der Waals surface area contributed by atoms with Crippen molar-refractivity contribution in [1.29, 1.82) is 0 Å². The Labute approximate surface area is 194 Å². The first-order valence-corrected chi connectivity index (χ1v) is 10.9. The molecule has 0 spiro atoms. The highest BCUT2D eigenvalue weighted by Crippen LogP contribution is 2.36. The molecule has 1 N–H and O–H groups in total. The van der Waals surface area contributed by atoms with Crippen LogP contribution in [0, 0.1) is 12.8 Å². The summed E-state index contributed by atoms with van der Waals surface area (Å²) in [5.74, 6) is 0.418. The largest absolute Gasteiger partial charge is 0.495 e. The minimum atomic E-state index is -4.64. The molecular formula is C21H25Cl2F3N4O2. The molecule has 1 unspecified atom stereocenters. The number of amides is 1. The molecule has 0 aliphatic carbocycles. The van der Waals surface area contributed by atoms with E-state index in [2.05, 4.69) is 15.3 Å². The lowest BCUT2D eigenvalue weighted by Gasteiger charge is -2.37. The van der Waals surface area contributed by atoms with Gasteiger partial charge < -0.3 is 15.0 Å². The second-order valence-electron chi connectivity index (χ2n) is 7.88. The van der Waals surface area contributed by atoms with E-state index in [0.29, 0.717) is 10.8 Å². The van der Waals surface area contributed by atoms with Gasteiger partial charge in [0.05, 0.1) is 35.4 Å². The van der Waals surface area contributed by atoms with Gasteiger partial charge in [0.1, 0.15) is 5.75 Å². The molecule has 2 heterocycles. The molecule has 1 aliphatic rings. The molecule has 11 heteroatoms. The summed E-state index contributed by atoms with van der Waals surface area (Å²) in [6, 6.07) is 5.21. The van der Waals surface area contributed by atoms with Crippen molar-refractivity contribution in [2.24, 2.45) is 5.92 Å². The first-order chi connectivity index (χ1) is 15.0. The summed E-state index contributed by atoms with van der Waals surface area (Å²) in [6.45, 7) is 4.44. The van der Waals surface area contributed by atoms with Gasteiger partial charge in [0, 0.05) is 31.8 Å². The quantitative estimate of drug-likeness (QED) is 0.619. The Morgan fingerprint density at radius 2 is 1.97 bits per heavy atom. The number of aromatic nitrogens is 2. The van der Waals surface area contributed by atoms with E-state index in [0.717, 1.165) is 31.6 Å². The number of alkyl halides is 3. The van der Waals surface area contributed by atoms with Crippen LogP contribution in [0.25, 0.3) is 0 Å². The van der Waals surface area contributed by atoms with Crippen molar-refractivity contribution in [1.82, 2.24) is 15.1 Å². The van der Waals surface area contributed by atoms with Crippen LogP contribution in [-0.4, -0.2) is 41.9 Å². The summed E-state index contributed by atoms with van der Waals surface area (Å²) in [5, 5.41) is 6.70. The Morgan fingerprint density at radius 3 is 2.50 bits per heavy atom. The van der Waals surface area contributed by atoms with Crippen LogP contribution in [0.15, 0.2) is 18.2 Å². The van der Waals surface area contributed by atoms with Crippen molar-refractivity contribution >= 4 is 34.8 Å². The fourth-order valence-electron chi connectivity index (χ4n) is 4.05. The fraction of sp³-hybridized carbons (Fsp3) is 0.524. The van der Waals surface area contributed by atoms with Gasteiger partial charge in [-0.3, -0.25) is 9.48 Å². The summed E-state index contributed by atoms with van der Waals surface area (Å²) < 4.78 is 46.0. The predicted molar refractivity (Wildman–Crippen MR) is 118 cm³/mol. The van der Waals surface area contributed by atoms with E-state index >= 15 is 0 Å². The average Bonchev–Trinajstić information content (AvgIpc) is 3.02.